The Bertz CT molecular complexity index is 1200. The van der Waals surface area contributed by atoms with Crippen LogP contribution in [0.3, 0.4) is 0 Å². The van der Waals surface area contributed by atoms with E-state index in [0.29, 0.717) is 22.2 Å². The summed E-state index contributed by atoms with van der Waals surface area (Å²) in [5, 5.41) is 3.24. The summed E-state index contributed by atoms with van der Waals surface area (Å²) in [5.41, 5.74) is 4.88. The summed E-state index contributed by atoms with van der Waals surface area (Å²) < 4.78 is 0. The molecule has 5 heteroatoms. The summed E-state index contributed by atoms with van der Waals surface area (Å²) in [5.74, 6) is -0.226. The maximum absolute atomic E-state index is 13.5. The lowest BCUT2D eigenvalue weighted by Gasteiger charge is -2.19. The quantitative estimate of drug-likeness (QED) is 0.448. The lowest BCUT2D eigenvalue weighted by molar-refractivity contribution is -0.120. The van der Waals surface area contributed by atoms with Crippen molar-refractivity contribution < 1.29 is 9.59 Å². The Hall–Kier alpha value is -3.31. The molecule has 162 valence electrons. The van der Waals surface area contributed by atoms with Crippen LogP contribution in [0, 0.1) is 13.8 Å². The summed E-state index contributed by atoms with van der Waals surface area (Å²) in [7, 11) is 0. The highest BCUT2D eigenvalue weighted by atomic mass is 32.2. The van der Waals surface area contributed by atoms with Crippen molar-refractivity contribution in [3.63, 3.8) is 0 Å². The topological polar surface area (TPSA) is 49.4 Å². The largest absolute Gasteiger partial charge is 0.350 e. The highest BCUT2D eigenvalue weighted by molar-refractivity contribution is 8.04. The Balaban J connectivity index is 1.74. The van der Waals surface area contributed by atoms with Crippen LogP contribution in [0.2, 0.25) is 0 Å². The molecule has 0 atom stereocenters. The zero-order valence-electron chi connectivity index (χ0n) is 18.7. The number of benzene rings is 3. The van der Waals surface area contributed by atoms with Crippen LogP contribution in [-0.2, 0) is 9.59 Å². The molecule has 0 bridgehead atoms. The number of nitrogens with zero attached hydrogens (tertiary/aromatic N) is 1. The molecule has 0 radical (unpaired) electrons. The van der Waals surface area contributed by atoms with Gasteiger partial charge >= 0.3 is 0 Å². The van der Waals surface area contributed by atoms with Gasteiger partial charge in [-0.25, -0.2) is 4.90 Å². The molecule has 1 aliphatic heterocycles. The monoisotopic (exact) mass is 442 g/mol. The van der Waals surface area contributed by atoms with E-state index >= 15 is 0 Å². The van der Waals surface area contributed by atoms with Crippen molar-refractivity contribution in [2.24, 2.45) is 0 Å². The number of aryl methyl sites for hydroxylation is 1. The fourth-order valence-electron chi connectivity index (χ4n) is 3.61. The molecule has 3 aromatic carbocycles. The Labute approximate surface area is 193 Å². The first-order valence-electron chi connectivity index (χ1n) is 10.7. The molecule has 0 saturated heterocycles. The first kappa shape index (κ1) is 21.9. The van der Waals surface area contributed by atoms with E-state index in [9.17, 15) is 9.59 Å². The van der Waals surface area contributed by atoms with Gasteiger partial charge in [-0.2, -0.15) is 0 Å². The standard InChI is InChI=1S/C27H26N2O2S/c1-17(2)20-13-15-21(16-14-20)28-24-25(32-22-10-6-5-7-11-22)27(31)29(26(24)30)23-12-8-9-18(3)19(23)4/h5-17,28H,1-4H3. The Morgan fingerprint density at radius 3 is 2.16 bits per heavy atom. The average Bonchev–Trinajstić information content (AvgIpc) is 3.01. The third-order valence-corrected chi connectivity index (χ3v) is 6.76. The van der Waals surface area contributed by atoms with Crippen LogP contribution in [0.25, 0.3) is 0 Å². The van der Waals surface area contributed by atoms with Gasteiger partial charge in [-0.15, -0.1) is 0 Å². The molecule has 32 heavy (non-hydrogen) atoms. The highest BCUT2D eigenvalue weighted by Gasteiger charge is 2.40. The molecule has 4 nitrogen and oxygen atoms in total. The lowest BCUT2D eigenvalue weighted by atomic mass is 10.0. The van der Waals surface area contributed by atoms with Crippen molar-refractivity contribution in [1.82, 2.24) is 0 Å². The second kappa shape index (κ2) is 9.05. The summed E-state index contributed by atoms with van der Waals surface area (Å²) in [6, 6.07) is 23.3. The van der Waals surface area contributed by atoms with Gasteiger partial charge in [-0.3, -0.25) is 9.59 Å². The van der Waals surface area contributed by atoms with Gasteiger partial charge in [0.25, 0.3) is 11.8 Å². The van der Waals surface area contributed by atoms with Crippen LogP contribution in [0.4, 0.5) is 11.4 Å². The van der Waals surface area contributed by atoms with Crippen LogP contribution in [-0.4, -0.2) is 11.8 Å². The molecule has 0 aromatic heterocycles. The van der Waals surface area contributed by atoms with E-state index in [0.717, 1.165) is 21.7 Å². The zero-order chi connectivity index (χ0) is 22.8. The maximum atomic E-state index is 13.5. The third kappa shape index (κ3) is 4.21. The van der Waals surface area contributed by atoms with Crippen molar-refractivity contribution in [2.45, 2.75) is 38.5 Å². The predicted octanol–water partition coefficient (Wildman–Crippen LogP) is 6.42. The summed E-state index contributed by atoms with van der Waals surface area (Å²) in [6.07, 6.45) is 0. The van der Waals surface area contributed by atoms with Crippen molar-refractivity contribution in [1.29, 1.82) is 0 Å². The number of carbonyl (C=O) groups is 2. The summed E-state index contributed by atoms with van der Waals surface area (Å²) in [6.45, 7) is 8.19. The lowest BCUT2D eigenvalue weighted by Crippen LogP contribution is -2.33. The molecule has 1 aliphatic rings. The first-order chi connectivity index (χ1) is 15.4. The maximum Gasteiger partial charge on any atom is 0.283 e. The minimum absolute atomic E-state index is 0.307. The number of hydrogen-bond acceptors (Lipinski definition) is 4. The Morgan fingerprint density at radius 2 is 1.50 bits per heavy atom. The molecule has 3 aromatic rings. The number of nitrogens with one attached hydrogen (secondary N) is 1. The Kier molecular flexibility index (Phi) is 6.19. The second-order valence-corrected chi connectivity index (χ2v) is 9.27. The zero-order valence-corrected chi connectivity index (χ0v) is 19.5. The van der Waals surface area contributed by atoms with Gasteiger partial charge in [-0.1, -0.05) is 68.1 Å². The number of imide groups is 1. The van der Waals surface area contributed by atoms with Crippen LogP contribution in [0.5, 0.6) is 0 Å². The molecule has 0 unspecified atom stereocenters. The minimum atomic E-state index is -0.338. The molecule has 2 amide bonds. The van der Waals surface area contributed by atoms with Gasteiger partial charge in [0, 0.05) is 10.6 Å². The van der Waals surface area contributed by atoms with E-state index in [4.69, 9.17) is 0 Å². The molecular weight excluding hydrogens is 416 g/mol. The molecule has 0 aliphatic carbocycles. The Morgan fingerprint density at radius 1 is 0.812 bits per heavy atom. The van der Waals surface area contributed by atoms with Crippen LogP contribution >= 0.6 is 11.8 Å². The van der Waals surface area contributed by atoms with E-state index in [1.807, 2.05) is 86.6 Å². The molecule has 4 rings (SSSR count). The fraction of sp³-hybridized carbons (Fsp3) is 0.185. The van der Waals surface area contributed by atoms with Gasteiger partial charge in [0.1, 0.15) is 10.6 Å². The minimum Gasteiger partial charge on any atom is -0.350 e. The molecule has 1 heterocycles. The number of anilines is 2. The molecule has 0 spiro atoms. The number of thioether (sulfide) groups is 1. The van der Waals surface area contributed by atoms with E-state index in [1.165, 1.54) is 22.2 Å². The SMILES string of the molecule is Cc1cccc(N2C(=O)C(Nc3ccc(C(C)C)cc3)=C(Sc3ccccc3)C2=O)c1C. The first-order valence-corrected chi connectivity index (χ1v) is 11.5. The van der Waals surface area contributed by atoms with Gasteiger partial charge < -0.3 is 5.32 Å². The predicted molar refractivity (Wildman–Crippen MR) is 132 cm³/mol. The van der Waals surface area contributed by atoms with Gasteiger partial charge in [0.15, 0.2) is 0 Å². The molecule has 0 saturated carbocycles. The number of hydrogen-bond donors (Lipinski definition) is 1. The van der Waals surface area contributed by atoms with E-state index in [1.54, 1.807) is 0 Å². The van der Waals surface area contributed by atoms with Gasteiger partial charge in [0.2, 0.25) is 0 Å². The van der Waals surface area contributed by atoms with Gasteiger partial charge in [0.05, 0.1) is 5.69 Å². The smallest absolute Gasteiger partial charge is 0.283 e. The number of carbonyl (C=O) groups excluding carboxylic acids is 2. The second-order valence-electron chi connectivity index (χ2n) is 8.19. The fourth-order valence-corrected chi connectivity index (χ4v) is 4.56. The van der Waals surface area contributed by atoms with Crippen LogP contribution < -0.4 is 10.2 Å². The van der Waals surface area contributed by atoms with E-state index < -0.39 is 0 Å². The molecule has 1 N–H and O–H groups in total. The molecular formula is C27H26N2O2S. The van der Waals surface area contributed by atoms with Crippen LogP contribution in [0.1, 0.15) is 36.5 Å². The normalized spacial score (nSPS) is 14.0. The summed E-state index contributed by atoms with van der Waals surface area (Å²) >= 11 is 1.31. The molecule has 0 fully saturated rings. The van der Waals surface area contributed by atoms with E-state index in [-0.39, 0.29) is 11.8 Å². The van der Waals surface area contributed by atoms with Crippen molar-refractivity contribution >= 4 is 35.0 Å². The van der Waals surface area contributed by atoms with Crippen molar-refractivity contribution in [3.8, 4) is 0 Å². The summed E-state index contributed by atoms with van der Waals surface area (Å²) in [4.78, 5) is 29.6. The highest BCUT2D eigenvalue weighted by Crippen LogP contribution is 2.39. The van der Waals surface area contributed by atoms with Crippen LogP contribution in [0.15, 0.2) is 88.3 Å². The number of rotatable bonds is 6. The third-order valence-electron chi connectivity index (χ3n) is 5.67. The number of amides is 2. The van der Waals surface area contributed by atoms with Gasteiger partial charge in [-0.05, 0) is 66.8 Å². The van der Waals surface area contributed by atoms with Crippen molar-refractivity contribution in [2.75, 3.05) is 10.2 Å². The van der Waals surface area contributed by atoms with E-state index in [2.05, 4.69) is 19.2 Å². The average molecular weight is 443 g/mol. The van der Waals surface area contributed by atoms with Crippen molar-refractivity contribution in [3.05, 3.63) is 100 Å².